The van der Waals surface area contributed by atoms with E-state index in [4.69, 9.17) is 0 Å². The Morgan fingerprint density at radius 2 is 2.31 bits per heavy atom. The van der Waals surface area contributed by atoms with Crippen molar-refractivity contribution in [2.75, 3.05) is 6.54 Å². The van der Waals surface area contributed by atoms with E-state index in [1.807, 2.05) is 0 Å². The highest BCUT2D eigenvalue weighted by atomic mass is 19.1. The summed E-state index contributed by atoms with van der Waals surface area (Å²) in [6.07, 6.45) is 2.96. The lowest BCUT2D eigenvalue weighted by Crippen LogP contribution is -2.48. The van der Waals surface area contributed by atoms with Gasteiger partial charge in [0, 0.05) is 30.9 Å². The normalized spacial score (nSPS) is 16.2. The molecule has 84 valence electrons. The van der Waals surface area contributed by atoms with Crippen LogP contribution in [-0.4, -0.2) is 28.4 Å². The van der Waals surface area contributed by atoms with E-state index in [1.54, 1.807) is 0 Å². The van der Waals surface area contributed by atoms with Crippen LogP contribution < -0.4 is 5.32 Å². The van der Waals surface area contributed by atoms with Crippen LogP contribution in [-0.2, 0) is 11.3 Å². The van der Waals surface area contributed by atoms with E-state index in [2.05, 4.69) is 10.3 Å². The smallest absolute Gasteiger partial charge is 0.319 e. The lowest BCUT2D eigenvalue weighted by Gasteiger charge is -2.26. The number of nitrogens with one attached hydrogen (secondary N) is 1. The highest BCUT2D eigenvalue weighted by molar-refractivity contribution is 5.96. The van der Waals surface area contributed by atoms with Gasteiger partial charge in [-0.2, -0.15) is 0 Å². The third kappa shape index (κ3) is 2.16. The largest absolute Gasteiger partial charge is 0.324 e. The van der Waals surface area contributed by atoms with E-state index in [0.29, 0.717) is 12.1 Å². The fraction of sp³-hybridized carbons (Fsp3) is 0.300. The Kier molecular flexibility index (Phi) is 2.80. The average Bonchev–Trinajstić information content (AvgIpc) is 2.25. The summed E-state index contributed by atoms with van der Waals surface area (Å²) in [5, 5.41) is 2.17. The second-order valence-electron chi connectivity index (χ2n) is 3.49. The summed E-state index contributed by atoms with van der Waals surface area (Å²) < 4.78 is 13.3. The molecule has 1 N–H and O–H groups in total. The van der Waals surface area contributed by atoms with E-state index in [0.717, 1.165) is 0 Å². The van der Waals surface area contributed by atoms with Crippen LogP contribution in [0.2, 0.25) is 0 Å². The third-order valence-electron chi connectivity index (χ3n) is 2.35. The Labute approximate surface area is 91.3 Å². The molecule has 1 fully saturated rings. The van der Waals surface area contributed by atoms with Crippen molar-refractivity contribution in [3.63, 3.8) is 0 Å². The Hall–Kier alpha value is -1.98. The van der Waals surface area contributed by atoms with Gasteiger partial charge < -0.3 is 4.90 Å². The number of carbonyl (C=O) groups excluding carboxylic acids is 2. The molecule has 6 heteroatoms. The van der Waals surface area contributed by atoms with Crippen molar-refractivity contribution in [3.8, 4) is 0 Å². The summed E-state index contributed by atoms with van der Waals surface area (Å²) in [5.74, 6) is -0.701. The predicted octanol–water partition coefficient (Wildman–Crippen LogP) is 0.663. The van der Waals surface area contributed by atoms with Gasteiger partial charge in [-0.05, 0) is 6.07 Å². The number of carbonyl (C=O) groups is 2. The molecule has 3 amide bonds. The topological polar surface area (TPSA) is 62.3 Å². The van der Waals surface area contributed by atoms with E-state index >= 15 is 0 Å². The highest BCUT2D eigenvalue weighted by Crippen LogP contribution is 2.10. The summed E-state index contributed by atoms with van der Waals surface area (Å²) in [6, 6.07) is 0.752. The quantitative estimate of drug-likeness (QED) is 0.801. The maximum Gasteiger partial charge on any atom is 0.324 e. The van der Waals surface area contributed by atoms with Gasteiger partial charge in [0.25, 0.3) is 0 Å². The van der Waals surface area contributed by atoms with Gasteiger partial charge in [-0.25, -0.2) is 9.18 Å². The minimum Gasteiger partial charge on any atom is -0.319 e. The molecule has 0 spiro atoms. The minimum absolute atomic E-state index is 0.124. The Bertz CT molecular complexity index is 436. The van der Waals surface area contributed by atoms with Crippen LogP contribution in [0, 0.1) is 5.82 Å². The molecule has 5 nitrogen and oxygen atoms in total. The number of halogens is 1. The standard InChI is InChI=1S/C10H10FN3O2/c11-8-1-3-12-5-7(8)6-14-4-2-9(15)13-10(14)16/h1,3,5H,2,4,6H2,(H,13,15,16). The molecule has 1 aliphatic heterocycles. The van der Waals surface area contributed by atoms with E-state index < -0.39 is 11.8 Å². The van der Waals surface area contributed by atoms with Crippen LogP contribution in [0.3, 0.4) is 0 Å². The number of urea groups is 1. The van der Waals surface area contributed by atoms with Crippen molar-refractivity contribution >= 4 is 11.9 Å². The molecule has 0 aliphatic carbocycles. The first-order valence-corrected chi connectivity index (χ1v) is 4.84. The van der Waals surface area contributed by atoms with Crippen LogP contribution in [0.25, 0.3) is 0 Å². The molecular weight excluding hydrogens is 213 g/mol. The number of aromatic nitrogens is 1. The van der Waals surface area contributed by atoms with Gasteiger partial charge in [0.1, 0.15) is 5.82 Å². The van der Waals surface area contributed by atoms with Crippen molar-refractivity contribution in [1.29, 1.82) is 0 Å². The zero-order chi connectivity index (χ0) is 11.5. The van der Waals surface area contributed by atoms with E-state index in [-0.39, 0.29) is 18.9 Å². The first kappa shape index (κ1) is 10.5. The van der Waals surface area contributed by atoms with Crippen molar-refractivity contribution < 1.29 is 14.0 Å². The van der Waals surface area contributed by atoms with Gasteiger partial charge in [-0.1, -0.05) is 0 Å². The number of nitrogens with zero attached hydrogens (tertiary/aromatic N) is 2. The zero-order valence-electron chi connectivity index (χ0n) is 8.44. The number of hydrogen-bond donors (Lipinski definition) is 1. The maximum absolute atomic E-state index is 13.3. The van der Waals surface area contributed by atoms with Gasteiger partial charge in [0.15, 0.2) is 0 Å². The molecule has 1 aliphatic rings. The predicted molar refractivity (Wildman–Crippen MR) is 52.8 cm³/mol. The molecule has 2 rings (SSSR count). The van der Waals surface area contributed by atoms with Gasteiger partial charge >= 0.3 is 6.03 Å². The number of rotatable bonds is 2. The van der Waals surface area contributed by atoms with Crippen LogP contribution in [0.1, 0.15) is 12.0 Å². The summed E-state index contributed by atoms with van der Waals surface area (Å²) in [5.41, 5.74) is 0.340. The van der Waals surface area contributed by atoms with Crippen LogP contribution in [0.15, 0.2) is 18.5 Å². The van der Waals surface area contributed by atoms with E-state index in [9.17, 15) is 14.0 Å². The molecule has 1 saturated heterocycles. The Morgan fingerprint density at radius 1 is 1.50 bits per heavy atom. The van der Waals surface area contributed by atoms with E-state index in [1.165, 1.54) is 23.4 Å². The van der Waals surface area contributed by atoms with Crippen molar-refractivity contribution in [3.05, 3.63) is 29.8 Å². The summed E-state index contributed by atoms with van der Waals surface area (Å²) in [4.78, 5) is 27.4. The Morgan fingerprint density at radius 3 is 3.00 bits per heavy atom. The molecular formula is C10H10FN3O2. The Balaban J connectivity index is 2.08. The van der Waals surface area contributed by atoms with Crippen LogP contribution in [0.5, 0.6) is 0 Å². The summed E-state index contributed by atoms with van der Waals surface area (Å²) in [7, 11) is 0. The van der Waals surface area contributed by atoms with Gasteiger partial charge in [-0.15, -0.1) is 0 Å². The van der Waals surface area contributed by atoms with Crippen LogP contribution in [0.4, 0.5) is 9.18 Å². The molecule has 0 saturated carbocycles. The number of pyridine rings is 1. The number of amides is 3. The highest BCUT2D eigenvalue weighted by Gasteiger charge is 2.23. The van der Waals surface area contributed by atoms with Crippen molar-refractivity contribution in [1.82, 2.24) is 15.2 Å². The summed E-state index contributed by atoms with van der Waals surface area (Å²) in [6.45, 7) is 0.428. The zero-order valence-corrected chi connectivity index (χ0v) is 8.44. The molecule has 0 radical (unpaired) electrons. The van der Waals surface area contributed by atoms with Gasteiger partial charge in [0.2, 0.25) is 5.91 Å². The molecule has 16 heavy (non-hydrogen) atoms. The maximum atomic E-state index is 13.3. The minimum atomic E-state index is -0.487. The first-order valence-electron chi connectivity index (χ1n) is 4.84. The lowest BCUT2D eigenvalue weighted by atomic mass is 10.2. The SMILES string of the molecule is O=C1CCN(Cc2cnccc2F)C(=O)N1. The molecule has 0 unspecified atom stereocenters. The molecule has 0 atom stereocenters. The lowest BCUT2D eigenvalue weighted by molar-refractivity contribution is -0.121. The second-order valence-corrected chi connectivity index (χ2v) is 3.49. The molecule has 1 aromatic heterocycles. The fourth-order valence-corrected chi connectivity index (χ4v) is 1.48. The fourth-order valence-electron chi connectivity index (χ4n) is 1.48. The van der Waals surface area contributed by atoms with Gasteiger partial charge in [-0.3, -0.25) is 15.1 Å². The van der Waals surface area contributed by atoms with Crippen LogP contribution >= 0.6 is 0 Å². The number of imide groups is 1. The molecule has 2 heterocycles. The van der Waals surface area contributed by atoms with Gasteiger partial charge in [0.05, 0.1) is 6.54 Å². The summed E-state index contributed by atoms with van der Waals surface area (Å²) >= 11 is 0. The van der Waals surface area contributed by atoms with Crippen molar-refractivity contribution in [2.45, 2.75) is 13.0 Å². The molecule has 0 aromatic carbocycles. The number of hydrogen-bond acceptors (Lipinski definition) is 3. The second kappa shape index (κ2) is 4.26. The monoisotopic (exact) mass is 223 g/mol. The third-order valence-corrected chi connectivity index (χ3v) is 2.35. The first-order chi connectivity index (χ1) is 7.66. The average molecular weight is 223 g/mol. The van der Waals surface area contributed by atoms with Crippen molar-refractivity contribution in [2.24, 2.45) is 0 Å². The molecule has 1 aromatic rings. The molecule has 0 bridgehead atoms.